The fourth-order valence-corrected chi connectivity index (χ4v) is 2.75. The molecule has 0 bridgehead atoms. The lowest BCUT2D eigenvalue weighted by Gasteiger charge is -2.25. The molecule has 0 saturated carbocycles. The highest BCUT2D eigenvalue weighted by Gasteiger charge is 2.18. The molecule has 0 unspecified atom stereocenters. The Morgan fingerprint density at radius 1 is 1.15 bits per heavy atom. The van der Waals surface area contributed by atoms with Gasteiger partial charge in [0.05, 0.1) is 11.7 Å². The van der Waals surface area contributed by atoms with Crippen molar-refractivity contribution in [2.45, 2.75) is 26.3 Å². The molecule has 6 heteroatoms. The summed E-state index contributed by atoms with van der Waals surface area (Å²) in [5, 5.41) is 4.11. The third-order valence-electron chi connectivity index (χ3n) is 4.73. The van der Waals surface area contributed by atoms with Crippen LogP contribution in [0.3, 0.4) is 0 Å². The first-order valence-electron chi connectivity index (χ1n) is 9.01. The number of aryl methyl sites for hydroxylation is 1. The van der Waals surface area contributed by atoms with E-state index in [2.05, 4.69) is 17.0 Å². The molecule has 0 spiro atoms. The highest BCUT2D eigenvalue weighted by Crippen LogP contribution is 2.21. The molecule has 6 nitrogen and oxygen atoms in total. The lowest BCUT2D eigenvalue weighted by molar-refractivity contribution is -0.134. The minimum Gasteiger partial charge on any atom is -0.484 e. The van der Waals surface area contributed by atoms with Crippen molar-refractivity contribution in [3.63, 3.8) is 0 Å². The topological polar surface area (TPSA) is 60.2 Å². The number of hydrogen-bond acceptors (Lipinski definition) is 4. The first-order chi connectivity index (χ1) is 13.1. The molecule has 0 N–H and O–H groups in total. The van der Waals surface area contributed by atoms with Crippen LogP contribution in [0.5, 0.6) is 5.75 Å². The van der Waals surface area contributed by atoms with Crippen LogP contribution in [0.4, 0.5) is 0 Å². The summed E-state index contributed by atoms with van der Waals surface area (Å²) in [7, 11) is 1.79. The molecule has 1 heterocycles. The summed E-state index contributed by atoms with van der Waals surface area (Å²) < 4.78 is 7.33. The van der Waals surface area contributed by atoms with Crippen molar-refractivity contribution >= 4 is 5.91 Å². The van der Waals surface area contributed by atoms with E-state index in [1.165, 1.54) is 11.9 Å². The maximum atomic E-state index is 12.5. The number of benzene rings is 2. The highest BCUT2D eigenvalue weighted by molar-refractivity contribution is 5.78. The number of rotatable bonds is 7. The van der Waals surface area contributed by atoms with Crippen molar-refractivity contribution in [3.8, 4) is 11.4 Å². The molecule has 3 aromatic rings. The van der Waals surface area contributed by atoms with Gasteiger partial charge in [0.2, 0.25) is 0 Å². The third kappa shape index (κ3) is 4.53. The van der Waals surface area contributed by atoms with Gasteiger partial charge in [-0.25, -0.2) is 9.67 Å². The molecule has 0 saturated heterocycles. The van der Waals surface area contributed by atoms with Crippen LogP contribution in [-0.2, 0) is 11.2 Å². The van der Waals surface area contributed by atoms with E-state index >= 15 is 0 Å². The van der Waals surface area contributed by atoms with Crippen LogP contribution in [0.2, 0.25) is 0 Å². The molecule has 1 aromatic heterocycles. The van der Waals surface area contributed by atoms with Crippen molar-refractivity contribution in [2.24, 2.45) is 0 Å². The van der Waals surface area contributed by atoms with Crippen LogP contribution in [-0.4, -0.2) is 39.2 Å². The lowest BCUT2D eigenvalue weighted by Crippen LogP contribution is -2.33. The number of nitrogens with zero attached hydrogens (tertiary/aromatic N) is 4. The molecule has 0 aliphatic rings. The molecule has 1 amide bonds. The maximum absolute atomic E-state index is 12.5. The van der Waals surface area contributed by atoms with Gasteiger partial charge in [-0.05, 0) is 48.7 Å². The Kier molecular flexibility index (Phi) is 5.86. The summed E-state index contributed by atoms with van der Waals surface area (Å²) >= 11 is 0. The smallest absolute Gasteiger partial charge is 0.260 e. The minimum absolute atomic E-state index is 0.0172. The molecule has 3 rings (SSSR count). The number of amides is 1. The van der Waals surface area contributed by atoms with E-state index in [0.29, 0.717) is 5.75 Å². The average molecular weight is 364 g/mol. The number of aromatic nitrogens is 3. The first-order valence-corrected chi connectivity index (χ1v) is 9.01. The minimum atomic E-state index is -0.0672. The van der Waals surface area contributed by atoms with Gasteiger partial charge < -0.3 is 9.64 Å². The molecule has 0 aliphatic carbocycles. The molecule has 0 aliphatic heterocycles. The number of carbonyl (C=O) groups excluding carboxylic acids is 1. The maximum Gasteiger partial charge on any atom is 0.260 e. The second-order valence-electron chi connectivity index (χ2n) is 6.40. The molecule has 27 heavy (non-hydrogen) atoms. The highest BCUT2D eigenvalue weighted by atomic mass is 16.5. The summed E-state index contributed by atoms with van der Waals surface area (Å²) in [5.74, 6) is 0.640. The van der Waals surface area contributed by atoms with Crippen LogP contribution in [0.1, 0.15) is 31.0 Å². The summed E-state index contributed by atoms with van der Waals surface area (Å²) in [6.07, 6.45) is 4.13. The quantitative estimate of drug-likeness (QED) is 0.644. The fraction of sp³-hybridized carbons (Fsp3) is 0.286. The Balaban J connectivity index is 1.58. The average Bonchev–Trinajstić information content (AvgIpc) is 3.26. The largest absolute Gasteiger partial charge is 0.484 e. The van der Waals surface area contributed by atoms with Gasteiger partial charge in [0.25, 0.3) is 5.91 Å². The van der Waals surface area contributed by atoms with E-state index < -0.39 is 0 Å². The molecule has 0 fully saturated rings. The monoisotopic (exact) mass is 364 g/mol. The number of ether oxygens (including phenoxy) is 1. The summed E-state index contributed by atoms with van der Waals surface area (Å²) in [6.45, 7) is 4.12. The molecular formula is C21H24N4O2. The van der Waals surface area contributed by atoms with Crippen molar-refractivity contribution < 1.29 is 9.53 Å². The van der Waals surface area contributed by atoms with Crippen molar-refractivity contribution in [2.75, 3.05) is 13.7 Å². The Bertz CT molecular complexity index is 858. The molecular weight excluding hydrogens is 340 g/mol. The van der Waals surface area contributed by atoms with E-state index in [-0.39, 0.29) is 18.6 Å². The van der Waals surface area contributed by atoms with Gasteiger partial charge in [-0.2, -0.15) is 5.10 Å². The zero-order valence-corrected chi connectivity index (χ0v) is 15.9. The van der Waals surface area contributed by atoms with E-state index in [1.54, 1.807) is 23.0 Å². The van der Waals surface area contributed by atoms with Gasteiger partial charge in [0.1, 0.15) is 18.4 Å². The van der Waals surface area contributed by atoms with E-state index in [9.17, 15) is 4.79 Å². The summed E-state index contributed by atoms with van der Waals surface area (Å²) in [4.78, 5) is 18.1. The number of hydrogen-bond donors (Lipinski definition) is 0. The SMILES string of the molecule is CCc1ccc(OCC(=O)N(C)[C@@H](C)c2ccc(-n3cncn3)cc2)cc1. The molecule has 0 radical (unpaired) electrons. The zero-order valence-electron chi connectivity index (χ0n) is 15.9. The number of carbonyl (C=O) groups is 1. The number of likely N-dealkylation sites (N-methyl/N-ethyl adjacent to an activating group) is 1. The predicted molar refractivity (Wildman–Crippen MR) is 104 cm³/mol. The third-order valence-corrected chi connectivity index (χ3v) is 4.73. The summed E-state index contributed by atoms with van der Waals surface area (Å²) in [6, 6.07) is 15.7. The molecule has 1 atom stereocenters. The Hall–Kier alpha value is -3.15. The summed E-state index contributed by atoms with van der Waals surface area (Å²) in [5.41, 5.74) is 3.21. The van der Waals surface area contributed by atoms with Crippen LogP contribution < -0.4 is 4.74 Å². The second-order valence-corrected chi connectivity index (χ2v) is 6.40. The van der Waals surface area contributed by atoms with Crippen molar-refractivity contribution in [1.29, 1.82) is 0 Å². The van der Waals surface area contributed by atoms with Gasteiger partial charge in [0, 0.05) is 7.05 Å². The Labute approximate surface area is 159 Å². The first kappa shape index (κ1) is 18.6. The van der Waals surface area contributed by atoms with Gasteiger partial charge in [-0.3, -0.25) is 4.79 Å². The van der Waals surface area contributed by atoms with E-state index in [4.69, 9.17) is 4.74 Å². The van der Waals surface area contributed by atoms with Crippen LogP contribution in [0, 0.1) is 0 Å². The second kappa shape index (κ2) is 8.49. The van der Waals surface area contributed by atoms with Gasteiger partial charge in [-0.15, -0.1) is 0 Å². The lowest BCUT2D eigenvalue weighted by atomic mass is 10.1. The van der Waals surface area contributed by atoms with Crippen molar-refractivity contribution in [3.05, 3.63) is 72.3 Å². The van der Waals surface area contributed by atoms with Crippen LogP contribution in [0.15, 0.2) is 61.2 Å². The zero-order chi connectivity index (χ0) is 19.2. The normalized spacial score (nSPS) is 11.8. The Morgan fingerprint density at radius 2 is 1.85 bits per heavy atom. The van der Waals surface area contributed by atoms with E-state index in [0.717, 1.165) is 17.7 Å². The molecule has 2 aromatic carbocycles. The van der Waals surface area contributed by atoms with Crippen molar-refractivity contribution in [1.82, 2.24) is 19.7 Å². The van der Waals surface area contributed by atoms with Gasteiger partial charge in [-0.1, -0.05) is 31.2 Å². The molecule has 140 valence electrons. The fourth-order valence-electron chi connectivity index (χ4n) is 2.75. The standard InChI is InChI=1S/C21H24N4O2/c1-4-17-5-11-20(12-6-17)27-13-21(26)24(3)16(2)18-7-9-19(10-8-18)25-15-22-14-23-25/h5-12,14-16H,4,13H2,1-3H3/t16-/m0/s1. The van der Waals surface area contributed by atoms with Crippen LogP contribution >= 0.6 is 0 Å². The predicted octanol–water partition coefficient (Wildman–Crippen LogP) is 3.43. The van der Waals surface area contributed by atoms with Crippen LogP contribution in [0.25, 0.3) is 5.69 Å². The van der Waals surface area contributed by atoms with Gasteiger partial charge in [0.15, 0.2) is 6.61 Å². The Morgan fingerprint density at radius 3 is 2.44 bits per heavy atom. The van der Waals surface area contributed by atoms with Gasteiger partial charge >= 0.3 is 0 Å². The van der Waals surface area contributed by atoms with E-state index in [1.807, 2.05) is 55.5 Å².